The summed E-state index contributed by atoms with van der Waals surface area (Å²) in [5.74, 6) is 0.238. The third kappa shape index (κ3) is 4.43. The molecule has 1 fully saturated rings. The number of carbonyl (C=O) groups excluding carboxylic acids is 1. The first-order valence-corrected chi connectivity index (χ1v) is 8.48. The van der Waals surface area contributed by atoms with Gasteiger partial charge >= 0.3 is 0 Å². The van der Waals surface area contributed by atoms with Crippen LogP contribution in [0.3, 0.4) is 0 Å². The zero-order valence-electron chi connectivity index (χ0n) is 14.2. The largest absolute Gasteiger partial charge is 0.379 e. The van der Waals surface area contributed by atoms with Gasteiger partial charge in [-0.05, 0) is 30.7 Å². The maximum Gasteiger partial charge on any atom is 0.237 e. The second kappa shape index (κ2) is 8.22. The first-order valence-electron chi connectivity index (χ1n) is 8.48. The van der Waals surface area contributed by atoms with Crippen LogP contribution in [-0.4, -0.2) is 48.3 Å². The molecule has 0 aliphatic carbocycles. The summed E-state index contributed by atoms with van der Waals surface area (Å²) in [6.07, 6.45) is 0.739. The molecular weight excluding hydrogens is 325 g/mol. The van der Waals surface area contributed by atoms with Crippen molar-refractivity contribution in [1.82, 2.24) is 15.4 Å². The summed E-state index contributed by atoms with van der Waals surface area (Å²) in [4.78, 5) is 14.6. The first-order chi connectivity index (χ1) is 12.2. The minimum atomic E-state index is -0.298. The Bertz CT molecular complexity index is 696. The summed E-state index contributed by atoms with van der Waals surface area (Å²) in [6, 6.07) is 7.62. The third-order valence-corrected chi connectivity index (χ3v) is 4.31. The van der Waals surface area contributed by atoms with Crippen LogP contribution >= 0.6 is 0 Å². The van der Waals surface area contributed by atoms with E-state index in [2.05, 4.69) is 15.4 Å². The van der Waals surface area contributed by atoms with Crippen molar-refractivity contribution < 1.29 is 18.4 Å². The van der Waals surface area contributed by atoms with Crippen molar-refractivity contribution in [3.8, 4) is 11.3 Å². The molecule has 2 heterocycles. The van der Waals surface area contributed by atoms with E-state index in [1.54, 1.807) is 18.2 Å². The number of nitrogens with one attached hydrogen (secondary N) is 1. The Morgan fingerprint density at radius 2 is 2.04 bits per heavy atom. The minimum absolute atomic E-state index is 0.0240. The monoisotopic (exact) mass is 347 g/mol. The minimum Gasteiger partial charge on any atom is -0.379 e. The van der Waals surface area contributed by atoms with E-state index in [0.29, 0.717) is 24.7 Å². The molecule has 0 saturated carbocycles. The van der Waals surface area contributed by atoms with Crippen molar-refractivity contribution in [2.24, 2.45) is 0 Å². The highest BCUT2D eigenvalue weighted by Gasteiger charge is 2.25. The molecule has 6 nitrogen and oxygen atoms in total. The molecule has 134 valence electrons. The maximum absolute atomic E-state index is 13.0. The number of amides is 1. The molecule has 0 spiro atoms. The van der Waals surface area contributed by atoms with Gasteiger partial charge in [0.2, 0.25) is 5.91 Å². The van der Waals surface area contributed by atoms with Crippen LogP contribution in [0.5, 0.6) is 0 Å². The molecule has 2 aromatic rings. The molecule has 1 aliphatic rings. The highest BCUT2D eigenvalue weighted by molar-refractivity contribution is 5.81. The lowest BCUT2D eigenvalue weighted by Crippen LogP contribution is -2.50. The van der Waals surface area contributed by atoms with Gasteiger partial charge in [0, 0.05) is 24.7 Å². The van der Waals surface area contributed by atoms with Crippen LogP contribution in [0.15, 0.2) is 34.9 Å². The van der Waals surface area contributed by atoms with Gasteiger partial charge in [0.15, 0.2) is 5.76 Å². The smallest absolute Gasteiger partial charge is 0.237 e. The Kier molecular flexibility index (Phi) is 5.78. The van der Waals surface area contributed by atoms with Crippen LogP contribution in [-0.2, 0) is 16.1 Å². The normalized spacial score (nSPS) is 16.6. The molecule has 1 atom stereocenters. The predicted molar refractivity (Wildman–Crippen MR) is 90.2 cm³/mol. The van der Waals surface area contributed by atoms with E-state index in [4.69, 9.17) is 9.26 Å². The van der Waals surface area contributed by atoms with Gasteiger partial charge in [-0.2, -0.15) is 0 Å². The Labute approximate surface area is 145 Å². The van der Waals surface area contributed by atoms with Crippen molar-refractivity contribution >= 4 is 5.91 Å². The summed E-state index contributed by atoms with van der Waals surface area (Å²) in [6.45, 7) is 5.13. The summed E-state index contributed by atoms with van der Waals surface area (Å²) in [5, 5.41) is 6.88. The number of hydrogen-bond donors (Lipinski definition) is 1. The van der Waals surface area contributed by atoms with E-state index >= 15 is 0 Å². The second-order valence-electron chi connectivity index (χ2n) is 5.98. The summed E-state index contributed by atoms with van der Waals surface area (Å²) < 4.78 is 23.6. The zero-order chi connectivity index (χ0) is 17.6. The lowest BCUT2D eigenvalue weighted by Gasteiger charge is -2.32. The van der Waals surface area contributed by atoms with Gasteiger partial charge in [0.25, 0.3) is 0 Å². The van der Waals surface area contributed by atoms with Gasteiger partial charge in [-0.25, -0.2) is 4.39 Å². The molecule has 0 radical (unpaired) electrons. The molecular formula is C18H22FN3O3. The predicted octanol–water partition coefficient (Wildman–Crippen LogP) is 2.21. The number of hydrogen-bond acceptors (Lipinski definition) is 5. The topological polar surface area (TPSA) is 67.6 Å². The molecule has 1 aromatic carbocycles. The van der Waals surface area contributed by atoms with Crippen LogP contribution in [0.4, 0.5) is 4.39 Å². The van der Waals surface area contributed by atoms with Crippen molar-refractivity contribution in [2.45, 2.75) is 25.9 Å². The van der Waals surface area contributed by atoms with Crippen molar-refractivity contribution in [3.05, 3.63) is 41.9 Å². The van der Waals surface area contributed by atoms with E-state index in [9.17, 15) is 9.18 Å². The fourth-order valence-electron chi connectivity index (χ4n) is 2.94. The van der Waals surface area contributed by atoms with Gasteiger partial charge in [-0.1, -0.05) is 12.1 Å². The number of benzene rings is 1. The van der Waals surface area contributed by atoms with Gasteiger partial charge in [0.05, 0.1) is 25.8 Å². The molecule has 25 heavy (non-hydrogen) atoms. The van der Waals surface area contributed by atoms with Crippen LogP contribution in [0.2, 0.25) is 0 Å². The Hall–Kier alpha value is -2.25. The molecule has 3 rings (SSSR count). The van der Waals surface area contributed by atoms with E-state index in [0.717, 1.165) is 25.1 Å². The second-order valence-corrected chi connectivity index (χ2v) is 5.98. The molecule has 0 bridgehead atoms. The van der Waals surface area contributed by atoms with Gasteiger partial charge in [0.1, 0.15) is 11.5 Å². The van der Waals surface area contributed by atoms with Crippen molar-refractivity contribution in [2.75, 3.05) is 26.3 Å². The van der Waals surface area contributed by atoms with E-state index < -0.39 is 0 Å². The molecule has 0 unspecified atom stereocenters. The van der Waals surface area contributed by atoms with Gasteiger partial charge in [-0.15, -0.1) is 0 Å². The number of carbonyl (C=O) groups is 1. The Morgan fingerprint density at radius 1 is 1.32 bits per heavy atom. The van der Waals surface area contributed by atoms with Crippen LogP contribution in [0.25, 0.3) is 11.3 Å². The third-order valence-electron chi connectivity index (χ3n) is 4.31. The average molecular weight is 347 g/mol. The lowest BCUT2D eigenvalue weighted by molar-refractivity contribution is -0.128. The number of rotatable bonds is 6. The number of morpholine rings is 1. The summed E-state index contributed by atoms with van der Waals surface area (Å²) in [5.41, 5.74) is 1.38. The van der Waals surface area contributed by atoms with E-state index in [1.807, 2.05) is 6.92 Å². The summed E-state index contributed by atoms with van der Waals surface area (Å²) in [7, 11) is 0. The number of ether oxygens (including phenoxy) is 1. The molecule has 7 heteroatoms. The maximum atomic E-state index is 13.0. The van der Waals surface area contributed by atoms with Crippen LogP contribution < -0.4 is 5.32 Å². The summed E-state index contributed by atoms with van der Waals surface area (Å²) >= 11 is 0. The number of aromatic nitrogens is 1. The molecule has 1 aliphatic heterocycles. The fraction of sp³-hybridized carbons (Fsp3) is 0.444. The first kappa shape index (κ1) is 17.6. The van der Waals surface area contributed by atoms with Crippen LogP contribution in [0, 0.1) is 5.82 Å². The van der Waals surface area contributed by atoms with Crippen molar-refractivity contribution in [1.29, 1.82) is 0 Å². The Balaban J connectivity index is 1.57. The van der Waals surface area contributed by atoms with Crippen LogP contribution in [0.1, 0.15) is 19.1 Å². The highest BCUT2D eigenvalue weighted by atomic mass is 19.1. The average Bonchev–Trinajstić information content (AvgIpc) is 3.11. The standard InChI is InChI=1S/C18H22FN3O3/c1-2-17(22-7-9-24-10-8-22)18(23)20-12-15-11-16(21-25-15)13-3-5-14(19)6-4-13/h3-6,11,17H,2,7-10,12H2,1H3,(H,20,23)/t17-/m0/s1. The van der Waals surface area contributed by atoms with E-state index in [-0.39, 0.29) is 24.3 Å². The highest BCUT2D eigenvalue weighted by Crippen LogP contribution is 2.19. The molecule has 1 amide bonds. The molecule has 1 aromatic heterocycles. The lowest BCUT2D eigenvalue weighted by atomic mass is 10.1. The number of halogens is 1. The van der Waals surface area contributed by atoms with Gasteiger partial charge < -0.3 is 14.6 Å². The quantitative estimate of drug-likeness (QED) is 0.868. The Morgan fingerprint density at radius 3 is 2.72 bits per heavy atom. The van der Waals surface area contributed by atoms with E-state index in [1.165, 1.54) is 12.1 Å². The van der Waals surface area contributed by atoms with Gasteiger partial charge in [-0.3, -0.25) is 9.69 Å². The SMILES string of the molecule is CC[C@@H](C(=O)NCc1cc(-c2ccc(F)cc2)no1)N1CCOCC1. The molecule has 1 N–H and O–H groups in total. The van der Waals surface area contributed by atoms with Crippen molar-refractivity contribution in [3.63, 3.8) is 0 Å². The number of nitrogens with zero attached hydrogens (tertiary/aromatic N) is 2. The molecule has 1 saturated heterocycles. The fourth-order valence-corrected chi connectivity index (χ4v) is 2.94. The zero-order valence-corrected chi connectivity index (χ0v) is 14.2.